The van der Waals surface area contributed by atoms with E-state index >= 15 is 0 Å². The molecule has 0 saturated carbocycles. The summed E-state index contributed by atoms with van der Waals surface area (Å²) in [5, 5.41) is 2.83. The predicted molar refractivity (Wildman–Crippen MR) is 135 cm³/mol. The zero-order valence-corrected chi connectivity index (χ0v) is 21.4. The van der Waals surface area contributed by atoms with Crippen LogP contribution in [-0.4, -0.2) is 30.8 Å². The van der Waals surface area contributed by atoms with Crippen LogP contribution in [0.3, 0.4) is 0 Å². The maximum absolute atomic E-state index is 13.5. The van der Waals surface area contributed by atoms with E-state index in [1.165, 1.54) is 17.0 Å². The third-order valence-electron chi connectivity index (χ3n) is 6.46. The van der Waals surface area contributed by atoms with E-state index < -0.39 is 15.3 Å². The van der Waals surface area contributed by atoms with Crippen LogP contribution in [0, 0.1) is 13.8 Å². The Balaban J connectivity index is 1.50. The highest BCUT2D eigenvalue weighted by Crippen LogP contribution is 2.41. The molecule has 1 aromatic carbocycles. The molecule has 0 saturated heterocycles. The number of sulfone groups is 1. The molecule has 0 spiro atoms. The second-order valence-electron chi connectivity index (χ2n) is 8.99. The number of thiophene rings is 1. The van der Waals surface area contributed by atoms with E-state index in [4.69, 9.17) is 0 Å². The predicted octanol–water partition coefficient (Wildman–Crippen LogP) is 4.82. The Bertz CT molecular complexity index is 1370. The first kappa shape index (κ1) is 24.3. The van der Waals surface area contributed by atoms with Crippen LogP contribution in [0.25, 0.3) is 0 Å². The van der Waals surface area contributed by atoms with Gasteiger partial charge in [-0.25, -0.2) is 13.4 Å². The van der Waals surface area contributed by atoms with E-state index in [1.807, 2.05) is 32.9 Å². The average molecular weight is 497 g/mol. The van der Waals surface area contributed by atoms with Gasteiger partial charge < -0.3 is 5.32 Å². The maximum atomic E-state index is 13.5. The average Bonchev–Trinajstić information content (AvgIpc) is 3.23. The normalized spacial score (nSPS) is 17.9. The number of pyridine rings is 1. The molecule has 1 amide bonds. The molecule has 3 aromatic rings. The Labute approximate surface area is 204 Å². The first-order valence-corrected chi connectivity index (χ1v) is 13.7. The summed E-state index contributed by atoms with van der Waals surface area (Å²) in [6, 6.07) is 12.2. The lowest BCUT2D eigenvalue weighted by Crippen LogP contribution is -2.38. The Kier molecular flexibility index (Phi) is 6.48. The summed E-state index contributed by atoms with van der Waals surface area (Å²) in [4.78, 5) is 33.2. The van der Waals surface area contributed by atoms with Crippen molar-refractivity contribution in [1.82, 2.24) is 4.98 Å². The van der Waals surface area contributed by atoms with Crippen molar-refractivity contribution in [2.75, 3.05) is 11.1 Å². The van der Waals surface area contributed by atoms with Crippen LogP contribution >= 0.6 is 11.3 Å². The van der Waals surface area contributed by atoms with E-state index in [2.05, 4.69) is 10.3 Å². The van der Waals surface area contributed by atoms with Crippen molar-refractivity contribution in [3.63, 3.8) is 0 Å². The van der Waals surface area contributed by atoms with Crippen molar-refractivity contribution in [3.05, 3.63) is 74.6 Å². The van der Waals surface area contributed by atoms with Gasteiger partial charge in [0.2, 0.25) is 5.91 Å². The van der Waals surface area contributed by atoms with Gasteiger partial charge in [-0.1, -0.05) is 19.1 Å². The minimum absolute atomic E-state index is 0.0325. The van der Waals surface area contributed by atoms with E-state index in [0.29, 0.717) is 29.8 Å². The van der Waals surface area contributed by atoms with Crippen molar-refractivity contribution in [3.8, 4) is 0 Å². The Morgan fingerprint density at radius 1 is 1.15 bits per heavy atom. The van der Waals surface area contributed by atoms with Gasteiger partial charge in [0.25, 0.3) is 0 Å². The molecule has 1 N–H and O–H groups in total. The number of anilines is 1. The van der Waals surface area contributed by atoms with Crippen molar-refractivity contribution < 1.29 is 18.0 Å². The Morgan fingerprint density at radius 3 is 2.47 bits per heavy atom. The van der Waals surface area contributed by atoms with Crippen molar-refractivity contribution in [2.45, 2.75) is 57.3 Å². The molecular weight excluding hydrogens is 468 g/mol. The first-order chi connectivity index (χ1) is 16.0. The number of carbonyl (C=O) groups excluding carboxylic acids is 2. The molecule has 1 unspecified atom stereocenters. The number of ketones is 1. The maximum Gasteiger partial charge on any atom is 0.229 e. The fourth-order valence-electron chi connectivity index (χ4n) is 4.37. The molecule has 1 aliphatic carbocycles. The van der Waals surface area contributed by atoms with Crippen LogP contribution in [0.2, 0.25) is 0 Å². The number of hydrogen-bond acceptors (Lipinski definition) is 6. The van der Waals surface area contributed by atoms with Gasteiger partial charge in [0.05, 0.1) is 28.2 Å². The van der Waals surface area contributed by atoms with E-state index in [1.54, 1.807) is 36.5 Å². The van der Waals surface area contributed by atoms with Gasteiger partial charge in [-0.3, -0.25) is 9.59 Å². The number of carbonyl (C=O) groups is 2. The standard InChI is InChI=1S/C26H28N2O4S2/c1-5-34(31,32)19-9-7-18(8-10-19)15-23(29)28-22-14-16(2)24-20(27-22)12-13-26(4,25(24)30)21-11-6-17(3)33-21/h6-11,14H,5,12-13,15H2,1-4H3,(H,27,28,29). The quantitative estimate of drug-likeness (QED) is 0.528. The van der Waals surface area contributed by atoms with Crippen molar-refractivity contribution in [2.24, 2.45) is 0 Å². The second kappa shape index (κ2) is 9.07. The first-order valence-electron chi connectivity index (χ1n) is 11.3. The minimum atomic E-state index is -3.27. The molecule has 4 rings (SSSR count). The van der Waals surface area contributed by atoms with Gasteiger partial charge in [0.1, 0.15) is 5.82 Å². The molecule has 2 aromatic heterocycles. The van der Waals surface area contributed by atoms with Gasteiger partial charge in [0.15, 0.2) is 15.6 Å². The molecule has 34 heavy (non-hydrogen) atoms. The molecule has 0 aliphatic heterocycles. The smallest absolute Gasteiger partial charge is 0.229 e. The van der Waals surface area contributed by atoms with Gasteiger partial charge >= 0.3 is 0 Å². The lowest BCUT2D eigenvalue weighted by Gasteiger charge is -2.33. The Morgan fingerprint density at radius 2 is 1.85 bits per heavy atom. The van der Waals surface area contributed by atoms with Crippen LogP contribution in [-0.2, 0) is 32.9 Å². The molecule has 8 heteroatoms. The lowest BCUT2D eigenvalue weighted by atomic mass is 9.71. The SMILES string of the molecule is CCS(=O)(=O)c1ccc(CC(=O)Nc2cc(C)c3c(n2)CCC(C)(c2ccc(C)s2)C3=O)cc1. The van der Waals surface area contributed by atoms with Crippen LogP contribution < -0.4 is 5.32 Å². The molecule has 0 bridgehead atoms. The molecule has 0 radical (unpaired) electrons. The number of rotatable bonds is 6. The summed E-state index contributed by atoms with van der Waals surface area (Å²) >= 11 is 1.66. The summed E-state index contributed by atoms with van der Waals surface area (Å²) < 4.78 is 23.9. The van der Waals surface area contributed by atoms with Gasteiger partial charge in [-0.05, 0) is 75.1 Å². The monoisotopic (exact) mass is 496 g/mol. The molecule has 1 aliphatic rings. The van der Waals surface area contributed by atoms with E-state index in [9.17, 15) is 18.0 Å². The van der Waals surface area contributed by atoms with Gasteiger partial charge in [0, 0.05) is 15.3 Å². The largest absolute Gasteiger partial charge is 0.310 e. The molecule has 6 nitrogen and oxygen atoms in total. The van der Waals surface area contributed by atoms with E-state index in [-0.39, 0.29) is 28.8 Å². The molecule has 178 valence electrons. The fourth-order valence-corrected chi connectivity index (χ4v) is 6.29. The third kappa shape index (κ3) is 4.57. The molecular formula is C26H28N2O4S2. The highest BCUT2D eigenvalue weighted by Gasteiger charge is 2.42. The number of amides is 1. The van der Waals surface area contributed by atoms with Gasteiger partial charge in [-0.2, -0.15) is 0 Å². The second-order valence-corrected chi connectivity index (χ2v) is 12.6. The van der Waals surface area contributed by atoms with Crippen molar-refractivity contribution >= 4 is 38.7 Å². The number of nitrogens with zero attached hydrogens (tertiary/aromatic N) is 1. The van der Waals surface area contributed by atoms with E-state index in [0.717, 1.165) is 16.1 Å². The topological polar surface area (TPSA) is 93.2 Å². The van der Waals surface area contributed by atoms with Crippen LogP contribution in [0.1, 0.15) is 57.2 Å². The van der Waals surface area contributed by atoms with Crippen LogP contribution in [0.4, 0.5) is 5.82 Å². The number of nitrogens with one attached hydrogen (secondary N) is 1. The summed E-state index contributed by atoms with van der Waals surface area (Å²) in [5.74, 6) is 0.291. The number of aryl methyl sites for hydroxylation is 3. The summed E-state index contributed by atoms with van der Waals surface area (Å²) in [6.07, 6.45) is 1.43. The highest BCUT2D eigenvalue weighted by atomic mass is 32.2. The van der Waals surface area contributed by atoms with Crippen molar-refractivity contribution in [1.29, 1.82) is 0 Å². The van der Waals surface area contributed by atoms with Crippen LogP contribution in [0.5, 0.6) is 0 Å². The Hall–Kier alpha value is -2.84. The molecule has 2 heterocycles. The number of hydrogen-bond donors (Lipinski definition) is 1. The fraction of sp³-hybridized carbons (Fsp3) is 0.346. The summed E-state index contributed by atoms with van der Waals surface area (Å²) in [5.41, 5.74) is 2.34. The number of aromatic nitrogens is 1. The molecule has 0 fully saturated rings. The number of Topliss-reactive ketones (excluding diaryl/α,β-unsaturated/α-hetero) is 1. The number of fused-ring (bicyclic) bond motifs is 1. The third-order valence-corrected chi connectivity index (χ3v) is 9.48. The van der Waals surface area contributed by atoms with Crippen LogP contribution in [0.15, 0.2) is 47.4 Å². The summed E-state index contributed by atoms with van der Waals surface area (Å²) in [6.45, 7) is 7.53. The van der Waals surface area contributed by atoms with Gasteiger partial charge in [-0.15, -0.1) is 11.3 Å². The number of benzene rings is 1. The minimum Gasteiger partial charge on any atom is -0.310 e. The zero-order chi connectivity index (χ0) is 24.7. The molecule has 1 atom stereocenters. The zero-order valence-electron chi connectivity index (χ0n) is 19.8. The highest BCUT2D eigenvalue weighted by molar-refractivity contribution is 7.91. The lowest BCUT2D eigenvalue weighted by molar-refractivity contribution is -0.115. The summed E-state index contributed by atoms with van der Waals surface area (Å²) in [7, 11) is -3.27.